The van der Waals surface area contributed by atoms with Gasteiger partial charge >= 0.3 is 6.09 Å². The van der Waals surface area contributed by atoms with Crippen LogP contribution in [0.15, 0.2) is 30.3 Å². The summed E-state index contributed by atoms with van der Waals surface area (Å²) in [5.41, 5.74) is 0.564. The summed E-state index contributed by atoms with van der Waals surface area (Å²) < 4.78 is 18.7. The highest BCUT2D eigenvalue weighted by Gasteiger charge is 2.46. The van der Waals surface area contributed by atoms with E-state index in [4.69, 9.17) is 16.3 Å². The number of carbonyl (C=O) groups is 1. The van der Waals surface area contributed by atoms with Gasteiger partial charge < -0.3 is 4.74 Å². The van der Waals surface area contributed by atoms with Gasteiger partial charge in [0.2, 0.25) is 0 Å². The van der Waals surface area contributed by atoms with E-state index in [1.54, 1.807) is 4.90 Å². The summed E-state index contributed by atoms with van der Waals surface area (Å²) in [6, 6.07) is 9.12. The molecule has 0 bridgehead atoms. The number of nitrogens with zero attached hydrogens (tertiary/aromatic N) is 1. The van der Waals surface area contributed by atoms with Crippen molar-refractivity contribution in [2.24, 2.45) is 0 Å². The topological polar surface area (TPSA) is 29.5 Å². The van der Waals surface area contributed by atoms with E-state index < -0.39 is 12.8 Å². The van der Waals surface area contributed by atoms with Crippen LogP contribution in [-0.2, 0) is 11.3 Å². The van der Waals surface area contributed by atoms with E-state index >= 15 is 0 Å². The summed E-state index contributed by atoms with van der Waals surface area (Å²) in [5.74, 6) is 0.544. The van der Waals surface area contributed by atoms with Gasteiger partial charge in [-0.15, -0.1) is 11.6 Å². The average Bonchev–Trinajstić information content (AvgIpc) is 2.89. The van der Waals surface area contributed by atoms with Crippen molar-refractivity contribution in [2.75, 3.05) is 12.6 Å². The van der Waals surface area contributed by atoms with Crippen molar-refractivity contribution >= 4 is 17.7 Å². The van der Waals surface area contributed by atoms with Crippen molar-refractivity contribution in [1.82, 2.24) is 4.90 Å². The van der Waals surface area contributed by atoms with Crippen molar-refractivity contribution < 1.29 is 13.9 Å². The lowest BCUT2D eigenvalue weighted by Crippen LogP contribution is -2.49. The standard InChI is InChI=1S/C17H23ClFNO2/c1-17(9-5-11-18)10-8-15(12-19)20(17)16(21)22-13-14-6-3-2-4-7-14/h2-4,6-7,15H,5,8-13H2,1H3. The summed E-state index contributed by atoms with van der Waals surface area (Å²) >= 11 is 5.77. The molecule has 1 fully saturated rings. The molecule has 2 rings (SSSR count). The number of likely N-dealkylation sites (tertiary alicyclic amines) is 1. The number of benzene rings is 1. The minimum Gasteiger partial charge on any atom is -0.445 e. The number of amides is 1. The van der Waals surface area contributed by atoms with Gasteiger partial charge in [0.1, 0.15) is 13.3 Å². The highest BCUT2D eigenvalue weighted by Crippen LogP contribution is 2.38. The lowest BCUT2D eigenvalue weighted by Gasteiger charge is -2.37. The fourth-order valence-corrected chi connectivity index (χ4v) is 3.30. The van der Waals surface area contributed by atoms with Crippen LogP contribution in [0.3, 0.4) is 0 Å². The number of hydrogen-bond acceptors (Lipinski definition) is 2. The fourth-order valence-electron chi connectivity index (χ4n) is 3.17. The third kappa shape index (κ3) is 3.92. The molecular formula is C17H23ClFNO2. The van der Waals surface area contributed by atoms with Gasteiger partial charge in [-0.3, -0.25) is 4.90 Å². The molecule has 1 aromatic rings. The van der Waals surface area contributed by atoms with Gasteiger partial charge in [-0.1, -0.05) is 30.3 Å². The van der Waals surface area contributed by atoms with Crippen LogP contribution in [0.4, 0.5) is 9.18 Å². The van der Waals surface area contributed by atoms with Crippen LogP contribution in [0, 0.1) is 0 Å². The quantitative estimate of drug-likeness (QED) is 0.718. The molecule has 1 heterocycles. The normalized spacial score (nSPS) is 24.5. The minimum atomic E-state index is -0.531. The summed E-state index contributed by atoms with van der Waals surface area (Å²) in [6.45, 7) is 1.68. The van der Waals surface area contributed by atoms with E-state index in [1.807, 2.05) is 37.3 Å². The second-order valence-electron chi connectivity index (χ2n) is 6.05. The first-order chi connectivity index (χ1) is 10.6. The van der Waals surface area contributed by atoms with Gasteiger partial charge in [0.15, 0.2) is 0 Å². The Morgan fingerprint density at radius 3 is 2.82 bits per heavy atom. The van der Waals surface area contributed by atoms with E-state index in [9.17, 15) is 9.18 Å². The van der Waals surface area contributed by atoms with Gasteiger partial charge in [0.25, 0.3) is 0 Å². The van der Waals surface area contributed by atoms with Gasteiger partial charge in [-0.25, -0.2) is 9.18 Å². The van der Waals surface area contributed by atoms with E-state index in [0.29, 0.717) is 12.3 Å². The van der Waals surface area contributed by atoms with E-state index in [0.717, 1.165) is 24.8 Å². The molecule has 0 saturated carbocycles. The average molecular weight is 328 g/mol. The number of hydrogen-bond donors (Lipinski definition) is 0. The Hall–Kier alpha value is -1.29. The van der Waals surface area contributed by atoms with Crippen LogP contribution in [0.25, 0.3) is 0 Å². The third-order valence-electron chi connectivity index (χ3n) is 4.39. The molecule has 1 saturated heterocycles. The van der Waals surface area contributed by atoms with Crippen molar-refractivity contribution in [3.63, 3.8) is 0 Å². The smallest absolute Gasteiger partial charge is 0.410 e. The Bertz CT molecular complexity index is 485. The van der Waals surface area contributed by atoms with Crippen LogP contribution in [0.5, 0.6) is 0 Å². The molecule has 0 aromatic heterocycles. The molecule has 1 aromatic carbocycles. The fraction of sp³-hybridized carbons (Fsp3) is 0.588. The summed E-state index contributed by atoms with van der Waals surface area (Å²) in [4.78, 5) is 14.1. The number of alkyl halides is 2. The molecule has 0 N–H and O–H groups in total. The Morgan fingerprint density at radius 2 is 2.18 bits per heavy atom. The largest absolute Gasteiger partial charge is 0.445 e. The maximum atomic E-state index is 13.3. The van der Waals surface area contributed by atoms with Crippen LogP contribution in [0.1, 0.15) is 38.2 Å². The highest BCUT2D eigenvalue weighted by atomic mass is 35.5. The van der Waals surface area contributed by atoms with Crippen LogP contribution >= 0.6 is 11.6 Å². The van der Waals surface area contributed by atoms with Gasteiger partial charge in [0, 0.05) is 11.4 Å². The monoisotopic (exact) mass is 327 g/mol. The molecule has 0 aliphatic carbocycles. The number of halogens is 2. The number of ether oxygens (including phenoxy) is 1. The summed E-state index contributed by atoms with van der Waals surface area (Å²) in [5, 5.41) is 0. The van der Waals surface area contributed by atoms with Crippen molar-refractivity contribution in [1.29, 1.82) is 0 Å². The highest BCUT2D eigenvalue weighted by molar-refractivity contribution is 6.17. The first kappa shape index (κ1) is 17.1. The Balaban J connectivity index is 2.02. The molecule has 0 radical (unpaired) electrons. The third-order valence-corrected chi connectivity index (χ3v) is 4.66. The van der Waals surface area contributed by atoms with Crippen molar-refractivity contribution in [3.8, 4) is 0 Å². The van der Waals surface area contributed by atoms with Gasteiger partial charge in [0.05, 0.1) is 6.04 Å². The SMILES string of the molecule is CC1(CCCCl)CCC(CF)N1C(=O)OCc1ccccc1. The van der Waals surface area contributed by atoms with Crippen LogP contribution < -0.4 is 0 Å². The van der Waals surface area contributed by atoms with Gasteiger partial charge in [-0.2, -0.15) is 0 Å². The predicted molar refractivity (Wildman–Crippen MR) is 85.8 cm³/mol. The zero-order chi connectivity index (χ0) is 16.0. The Morgan fingerprint density at radius 1 is 1.45 bits per heavy atom. The van der Waals surface area contributed by atoms with Gasteiger partial charge in [-0.05, 0) is 38.2 Å². The molecule has 1 aliphatic rings. The maximum Gasteiger partial charge on any atom is 0.410 e. The van der Waals surface area contributed by atoms with Crippen LogP contribution in [-0.4, -0.2) is 35.1 Å². The van der Waals surface area contributed by atoms with E-state index in [1.165, 1.54) is 0 Å². The number of rotatable bonds is 6. The lowest BCUT2D eigenvalue weighted by molar-refractivity contribution is 0.0457. The molecule has 122 valence electrons. The summed E-state index contributed by atoms with van der Waals surface area (Å²) in [7, 11) is 0. The Kier molecular flexibility index (Phi) is 6.07. The molecule has 22 heavy (non-hydrogen) atoms. The zero-order valence-corrected chi connectivity index (χ0v) is 13.7. The molecule has 1 aliphatic heterocycles. The molecule has 1 amide bonds. The minimum absolute atomic E-state index is 0.209. The van der Waals surface area contributed by atoms with E-state index in [2.05, 4.69) is 0 Å². The predicted octanol–water partition coefficient (Wildman–Crippen LogP) is 4.53. The Labute approximate surface area is 136 Å². The van der Waals surface area contributed by atoms with Crippen molar-refractivity contribution in [3.05, 3.63) is 35.9 Å². The van der Waals surface area contributed by atoms with Crippen molar-refractivity contribution in [2.45, 2.75) is 50.8 Å². The number of carbonyl (C=O) groups excluding carboxylic acids is 1. The molecule has 3 nitrogen and oxygen atoms in total. The maximum absolute atomic E-state index is 13.3. The van der Waals surface area contributed by atoms with E-state index in [-0.39, 0.29) is 18.2 Å². The van der Waals surface area contributed by atoms with Crippen LogP contribution in [0.2, 0.25) is 0 Å². The zero-order valence-electron chi connectivity index (χ0n) is 12.9. The second-order valence-corrected chi connectivity index (χ2v) is 6.42. The molecule has 5 heteroatoms. The molecule has 2 atom stereocenters. The summed E-state index contributed by atoms with van der Waals surface area (Å²) in [6.07, 6.45) is 2.61. The molecule has 0 spiro atoms. The molecular weight excluding hydrogens is 305 g/mol. The first-order valence-electron chi connectivity index (χ1n) is 7.72. The first-order valence-corrected chi connectivity index (χ1v) is 8.26. The second kappa shape index (κ2) is 7.82. The molecule has 2 unspecified atom stereocenters. The lowest BCUT2D eigenvalue weighted by atomic mass is 9.93.